The van der Waals surface area contributed by atoms with E-state index in [9.17, 15) is 0 Å². The number of morpholine rings is 1. The Bertz CT molecular complexity index is 505. The van der Waals surface area contributed by atoms with Gasteiger partial charge in [0.05, 0.1) is 25.9 Å². The monoisotopic (exact) mass is 319 g/mol. The minimum absolute atomic E-state index is 0.318. The Morgan fingerprint density at radius 1 is 1.22 bits per heavy atom. The first-order chi connectivity index (χ1) is 11.1. The molecule has 0 saturated carbocycles. The van der Waals surface area contributed by atoms with Gasteiger partial charge in [-0.3, -0.25) is 4.90 Å². The summed E-state index contributed by atoms with van der Waals surface area (Å²) in [5.74, 6) is 1.60. The van der Waals surface area contributed by atoms with Crippen LogP contribution in [0.25, 0.3) is 6.08 Å². The number of rotatable bonds is 7. The van der Waals surface area contributed by atoms with Crippen LogP contribution in [0.2, 0.25) is 0 Å². The van der Waals surface area contributed by atoms with Crippen LogP contribution in [0.5, 0.6) is 11.5 Å². The quantitative estimate of drug-likeness (QED) is 0.719. The molecule has 0 spiro atoms. The van der Waals surface area contributed by atoms with Crippen LogP contribution < -0.4 is 9.47 Å². The second kappa shape index (κ2) is 8.94. The number of methoxy groups -OCH3 is 1. The highest BCUT2D eigenvalue weighted by molar-refractivity contribution is 5.55. The van der Waals surface area contributed by atoms with Crippen molar-refractivity contribution in [2.75, 3.05) is 33.4 Å². The summed E-state index contributed by atoms with van der Waals surface area (Å²) < 4.78 is 17.1. The van der Waals surface area contributed by atoms with Crippen LogP contribution in [0.15, 0.2) is 24.3 Å². The fraction of sp³-hybridized carbons (Fsp3) is 0.579. The molecule has 1 aromatic carbocycles. The molecule has 23 heavy (non-hydrogen) atoms. The second-order valence-corrected chi connectivity index (χ2v) is 6.13. The number of benzene rings is 1. The third-order valence-electron chi connectivity index (χ3n) is 3.92. The van der Waals surface area contributed by atoms with Crippen LogP contribution >= 0.6 is 0 Å². The lowest BCUT2D eigenvalue weighted by atomic mass is 10.2. The van der Waals surface area contributed by atoms with Gasteiger partial charge in [0.2, 0.25) is 0 Å². The summed E-state index contributed by atoms with van der Waals surface area (Å²) in [4.78, 5) is 2.45. The van der Waals surface area contributed by atoms with Gasteiger partial charge in [-0.15, -0.1) is 0 Å². The van der Waals surface area contributed by atoms with E-state index in [0.717, 1.165) is 43.1 Å². The molecule has 4 nitrogen and oxygen atoms in total. The molecular formula is C19H29NO3. The molecule has 128 valence electrons. The first-order valence-corrected chi connectivity index (χ1v) is 8.43. The fourth-order valence-electron chi connectivity index (χ4n) is 3.04. The summed E-state index contributed by atoms with van der Waals surface area (Å²) >= 11 is 0. The van der Waals surface area contributed by atoms with Crippen molar-refractivity contribution in [2.45, 2.75) is 39.4 Å². The highest BCUT2D eigenvalue weighted by Gasteiger charge is 2.21. The molecule has 1 heterocycles. The summed E-state index contributed by atoms with van der Waals surface area (Å²) in [5.41, 5.74) is 1.12. The van der Waals surface area contributed by atoms with Crippen LogP contribution in [0.3, 0.4) is 0 Å². The largest absolute Gasteiger partial charge is 0.493 e. The van der Waals surface area contributed by atoms with Crippen LogP contribution in [0, 0.1) is 0 Å². The van der Waals surface area contributed by atoms with E-state index in [1.165, 1.54) is 0 Å². The van der Waals surface area contributed by atoms with Gasteiger partial charge in [0.1, 0.15) is 0 Å². The molecule has 2 rings (SSSR count). The highest BCUT2D eigenvalue weighted by atomic mass is 16.5. The van der Waals surface area contributed by atoms with Crippen molar-refractivity contribution in [3.63, 3.8) is 0 Å². The lowest BCUT2D eigenvalue weighted by molar-refractivity contribution is -0.0686. The lowest BCUT2D eigenvalue weighted by Crippen LogP contribution is -2.45. The molecule has 2 unspecified atom stereocenters. The second-order valence-electron chi connectivity index (χ2n) is 6.13. The molecule has 0 aliphatic carbocycles. The van der Waals surface area contributed by atoms with E-state index in [2.05, 4.69) is 18.7 Å². The minimum Gasteiger partial charge on any atom is -0.493 e. The molecule has 1 aromatic rings. The summed E-state index contributed by atoms with van der Waals surface area (Å²) in [5, 5.41) is 0. The molecule has 0 aromatic heterocycles. The summed E-state index contributed by atoms with van der Waals surface area (Å²) in [6.07, 6.45) is 5.70. The molecule has 2 atom stereocenters. The van der Waals surface area contributed by atoms with Crippen LogP contribution in [0.4, 0.5) is 0 Å². The summed E-state index contributed by atoms with van der Waals surface area (Å²) in [6, 6.07) is 6.02. The average Bonchev–Trinajstić information content (AvgIpc) is 2.52. The van der Waals surface area contributed by atoms with E-state index in [4.69, 9.17) is 14.2 Å². The van der Waals surface area contributed by atoms with Crippen molar-refractivity contribution in [1.29, 1.82) is 0 Å². The van der Waals surface area contributed by atoms with E-state index in [0.29, 0.717) is 18.8 Å². The van der Waals surface area contributed by atoms with Gasteiger partial charge in [-0.05, 0) is 44.9 Å². The predicted octanol–water partition coefficient (Wildman–Crippen LogP) is 3.61. The molecule has 1 aliphatic rings. The van der Waals surface area contributed by atoms with Gasteiger partial charge in [0, 0.05) is 19.6 Å². The molecule has 0 N–H and O–H groups in total. The lowest BCUT2D eigenvalue weighted by Gasteiger charge is -2.35. The van der Waals surface area contributed by atoms with Crippen LogP contribution in [-0.2, 0) is 4.74 Å². The van der Waals surface area contributed by atoms with Crippen molar-refractivity contribution in [1.82, 2.24) is 4.90 Å². The number of hydrogen-bond donors (Lipinski definition) is 0. The minimum atomic E-state index is 0.318. The summed E-state index contributed by atoms with van der Waals surface area (Å²) in [7, 11) is 1.68. The van der Waals surface area contributed by atoms with E-state index >= 15 is 0 Å². The molecule has 0 radical (unpaired) electrons. The van der Waals surface area contributed by atoms with Crippen LogP contribution in [-0.4, -0.2) is 50.5 Å². The smallest absolute Gasteiger partial charge is 0.161 e. The maximum absolute atomic E-state index is 5.90. The van der Waals surface area contributed by atoms with Crippen LogP contribution in [0.1, 0.15) is 32.8 Å². The molecule has 0 amide bonds. The third kappa shape index (κ3) is 5.56. The van der Waals surface area contributed by atoms with Gasteiger partial charge in [0.25, 0.3) is 0 Å². The maximum atomic E-state index is 5.90. The Morgan fingerprint density at radius 3 is 2.61 bits per heavy atom. The number of allylic oxidation sites excluding steroid dienone is 1. The first-order valence-electron chi connectivity index (χ1n) is 8.43. The van der Waals surface area contributed by atoms with E-state index in [1.807, 2.05) is 37.3 Å². The number of nitrogens with zero attached hydrogens (tertiary/aromatic N) is 1. The van der Waals surface area contributed by atoms with Crippen molar-refractivity contribution < 1.29 is 14.2 Å². The molecule has 1 fully saturated rings. The molecular weight excluding hydrogens is 290 g/mol. The van der Waals surface area contributed by atoms with Crippen molar-refractivity contribution in [3.05, 3.63) is 29.8 Å². The Kier molecular flexibility index (Phi) is 6.93. The summed E-state index contributed by atoms with van der Waals surface area (Å²) in [6.45, 7) is 10.0. The zero-order valence-electron chi connectivity index (χ0n) is 14.7. The number of ether oxygens (including phenoxy) is 3. The van der Waals surface area contributed by atoms with Crippen molar-refractivity contribution in [3.8, 4) is 11.5 Å². The standard InChI is InChI=1S/C19H29NO3/c1-5-7-17-8-9-18(19(12-17)21-4)22-11-6-10-20-13-15(2)23-16(3)14-20/h5,7-9,12,15-16H,6,10-11,13-14H2,1-4H3/b7-5+. The maximum Gasteiger partial charge on any atom is 0.161 e. The Balaban J connectivity index is 1.79. The Labute approximate surface area is 140 Å². The number of hydrogen-bond acceptors (Lipinski definition) is 4. The third-order valence-corrected chi connectivity index (χ3v) is 3.92. The van der Waals surface area contributed by atoms with E-state index in [1.54, 1.807) is 7.11 Å². The molecule has 0 bridgehead atoms. The van der Waals surface area contributed by atoms with Gasteiger partial charge < -0.3 is 14.2 Å². The van der Waals surface area contributed by atoms with Gasteiger partial charge >= 0.3 is 0 Å². The van der Waals surface area contributed by atoms with E-state index in [-0.39, 0.29) is 0 Å². The highest BCUT2D eigenvalue weighted by Crippen LogP contribution is 2.28. The molecule has 4 heteroatoms. The average molecular weight is 319 g/mol. The Hall–Kier alpha value is -1.52. The van der Waals surface area contributed by atoms with Gasteiger partial charge in [-0.2, -0.15) is 0 Å². The Morgan fingerprint density at radius 2 is 1.96 bits per heavy atom. The fourth-order valence-corrected chi connectivity index (χ4v) is 3.04. The first kappa shape index (κ1) is 17.8. The normalized spacial score (nSPS) is 22.4. The topological polar surface area (TPSA) is 30.9 Å². The van der Waals surface area contributed by atoms with Crippen molar-refractivity contribution >= 4 is 6.08 Å². The van der Waals surface area contributed by atoms with Gasteiger partial charge in [0.15, 0.2) is 11.5 Å². The van der Waals surface area contributed by atoms with Gasteiger partial charge in [-0.1, -0.05) is 18.2 Å². The van der Waals surface area contributed by atoms with E-state index < -0.39 is 0 Å². The molecule has 1 aliphatic heterocycles. The van der Waals surface area contributed by atoms with Gasteiger partial charge in [-0.25, -0.2) is 0 Å². The zero-order chi connectivity index (χ0) is 16.7. The zero-order valence-corrected chi connectivity index (χ0v) is 14.7. The predicted molar refractivity (Wildman–Crippen MR) is 94.3 cm³/mol. The SMILES string of the molecule is C/C=C/c1ccc(OCCCN2CC(C)OC(C)C2)c(OC)c1. The molecule has 1 saturated heterocycles. The van der Waals surface area contributed by atoms with Crippen molar-refractivity contribution in [2.24, 2.45) is 0 Å².